The van der Waals surface area contributed by atoms with E-state index in [2.05, 4.69) is 186 Å². The average Bonchev–Trinajstić information content (AvgIpc) is 3.94. The minimum absolute atomic E-state index is 0.490. The zero-order valence-electron chi connectivity index (χ0n) is 32.1. The molecular formula is C55H32N2O2S. The Labute approximate surface area is 350 Å². The number of benzene rings is 9. The van der Waals surface area contributed by atoms with Gasteiger partial charge in [0.2, 0.25) is 0 Å². The van der Waals surface area contributed by atoms with Crippen molar-refractivity contribution in [2.24, 2.45) is 0 Å². The molecule has 4 nitrogen and oxygen atoms in total. The molecule has 0 atom stereocenters. The van der Waals surface area contributed by atoms with E-state index in [1.165, 1.54) is 64.7 Å². The fourth-order valence-electron chi connectivity index (χ4n) is 10.7. The molecule has 0 radical (unpaired) electrons. The van der Waals surface area contributed by atoms with Crippen molar-refractivity contribution in [3.8, 4) is 45.3 Å². The lowest BCUT2D eigenvalue weighted by atomic mass is 9.70. The van der Waals surface area contributed by atoms with Crippen LogP contribution in [0.1, 0.15) is 22.3 Å². The summed E-state index contributed by atoms with van der Waals surface area (Å²) in [6.07, 6.45) is 0. The zero-order chi connectivity index (χ0) is 39.1. The summed E-state index contributed by atoms with van der Waals surface area (Å²) < 4.78 is 16.3. The highest BCUT2D eigenvalue weighted by Gasteiger charge is 2.52. The fourth-order valence-corrected chi connectivity index (χ4v) is 11.9. The minimum atomic E-state index is -0.490. The fraction of sp³-hybridized carbons (Fsp3) is 0.0182. The Kier molecular flexibility index (Phi) is 6.34. The highest BCUT2D eigenvalue weighted by Crippen LogP contribution is 2.66. The molecule has 0 fully saturated rings. The Morgan fingerprint density at radius 3 is 1.73 bits per heavy atom. The van der Waals surface area contributed by atoms with E-state index in [0.717, 1.165) is 57.1 Å². The number of fused-ring (bicyclic) bond motifs is 17. The number of rotatable bonds is 3. The first-order valence-corrected chi connectivity index (χ1v) is 21.2. The van der Waals surface area contributed by atoms with E-state index in [9.17, 15) is 0 Å². The van der Waals surface area contributed by atoms with Crippen molar-refractivity contribution in [3.63, 3.8) is 0 Å². The van der Waals surface area contributed by atoms with Crippen molar-refractivity contribution in [3.05, 3.63) is 216 Å². The third-order valence-corrected chi connectivity index (χ3v) is 14.2. The molecule has 2 aliphatic heterocycles. The minimum Gasteiger partial charge on any atom is -0.453 e. The highest BCUT2D eigenvalue weighted by atomic mass is 32.1. The first-order chi connectivity index (χ1) is 29.8. The van der Waals surface area contributed by atoms with Crippen molar-refractivity contribution in [2.75, 3.05) is 9.80 Å². The first-order valence-electron chi connectivity index (χ1n) is 20.4. The van der Waals surface area contributed by atoms with Crippen molar-refractivity contribution in [1.29, 1.82) is 0 Å². The van der Waals surface area contributed by atoms with Gasteiger partial charge in [0, 0.05) is 25.9 Å². The topological polar surface area (TPSA) is 24.9 Å². The quantitative estimate of drug-likeness (QED) is 0.178. The van der Waals surface area contributed by atoms with Crippen LogP contribution in [0.25, 0.3) is 42.4 Å². The molecule has 0 saturated heterocycles. The van der Waals surface area contributed by atoms with E-state index in [1.807, 2.05) is 29.5 Å². The molecule has 0 bridgehead atoms. The second-order valence-corrected chi connectivity index (χ2v) is 17.0. The molecule has 9 aromatic carbocycles. The van der Waals surface area contributed by atoms with Gasteiger partial charge in [0.1, 0.15) is 5.69 Å². The van der Waals surface area contributed by atoms with Gasteiger partial charge >= 0.3 is 0 Å². The molecule has 4 aliphatic rings. The zero-order valence-corrected chi connectivity index (χ0v) is 32.9. The lowest BCUT2D eigenvalue weighted by Gasteiger charge is -2.40. The Morgan fingerprint density at radius 2 is 1.02 bits per heavy atom. The predicted molar refractivity (Wildman–Crippen MR) is 245 cm³/mol. The Bertz CT molecular complexity index is 3420. The standard InChI is InChI=1S/C55H32N2O2S/c1-5-18-39-34(14-1)35-15-2-6-19-40(35)55(39)41-20-7-3-16-36(41)37-29-28-33(32-42(37)55)56(45-23-13-27-51-52(45)38-17-4-12-26-50(38)60-51)46-30-31-49-53-54(46)59-48-25-11-9-22-44(48)57(53)43-21-8-10-24-47(43)58-49/h1-32H. The molecule has 0 N–H and O–H groups in total. The molecule has 60 heavy (non-hydrogen) atoms. The molecule has 0 saturated carbocycles. The van der Waals surface area contributed by atoms with Gasteiger partial charge in [-0.2, -0.15) is 0 Å². The van der Waals surface area contributed by atoms with Crippen LogP contribution in [0.5, 0.6) is 23.0 Å². The van der Waals surface area contributed by atoms with Crippen LogP contribution in [-0.2, 0) is 5.41 Å². The van der Waals surface area contributed by atoms with Gasteiger partial charge in [-0.3, -0.25) is 4.90 Å². The third kappa shape index (κ3) is 4.04. The second-order valence-electron chi connectivity index (χ2n) is 15.9. The van der Waals surface area contributed by atoms with Gasteiger partial charge in [0.15, 0.2) is 23.0 Å². The number of hydrogen-bond acceptors (Lipinski definition) is 5. The maximum Gasteiger partial charge on any atom is 0.179 e. The number of thiophene rings is 1. The summed E-state index contributed by atoms with van der Waals surface area (Å²) in [4.78, 5) is 4.75. The van der Waals surface area contributed by atoms with Crippen LogP contribution in [0, 0.1) is 0 Å². The molecule has 14 rings (SSSR count). The van der Waals surface area contributed by atoms with Gasteiger partial charge in [-0.25, -0.2) is 0 Å². The van der Waals surface area contributed by atoms with E-state index < -0.39 is 5.41 Å². The first kappa shape index (κ1) is 32.4. The largest absolute Gasteiger partial charge is 0.453 e. The molecule has 3 heterocycles. The highest BCUT2D eigenvalue weighted by molar-refractivity contribution is 7.26. The summed E-state index contributed by atoms with van der Waals surface area (Å²) in [6, 6.07) is 70.5. The maximum absolute atomic E-state index is 7.14. The van der Waals surface area contributed by atoms with Crippen LogP contribution < -0.4 is 19.3 Å². The number of ether oxygens (including phenoxy) is 2. The summed E-state index contributed by atoms with van der Waals surface area (Å²) in [5, 5.41) is 2.45. The van der Waals surface area contributed by atoms with E-state index >= 15 is 0 Å². The van der Waals surface area contributed by atoms with Crippen LogP contribution in [0.4, 0.5) is 34.1 Å². The molecular weight excluding hydrogens is 753 g/mol. The van der Waals surface area contributed by atoms with Gasteiger partial charge in [-0.05, 0) is 111 Å². The van der Waals surface area contributed by atoms with Gasteiger partial charge in [0.05, 0.1) is 28.2 Å². The number of para-hydroxylation sites is 4. The normalized spacial score (nSPS) is 14.0. The Balaban J connectivity index is 1.09. The smallest absolute Gasteiger partial charge is 0.179 e. The molecule has 1 aromatic heterocycles. The Morgan fingerprint density at radius 1 is 0.433 bits per heavy atom. The van der Waals surface area contributed by atoms with Gasteiger partial charge in [-0.1, -0.05) is 127 Å². The second kappa shape index (κ2) is 11.8. The van der Waals surface area contributed by atoms with Crippen LogP contribution >= 0.6 is 11.3 Å². The molecule has 0 amide bonds. The number of hydrogen-bond donors (Lipinski definition) is 0. The van der Waals surface area contributed by atoms with Crippen LogP contribution in [0.2, 0.25) is 0 Å². The maximum atomic E-state index is 7.14. The van der Waals surface area contributed by atoms with Gasteiger partial charge < -0.3 is 14.4 Å². The lowest BCUT2D eigenvalue weighted by Crippen LogP contribution is -2.26. The number of anilines is 6. The van der Waals surface area contributed by atoms with Crippen molar-refractivity contribution >= 4 is 65.6 Å². The van der Waals surface area contributed by atoms with Gasteiger partial charge in [0.25, 0.3) is 0 Å². The lowest BCUT2D eigenvalue weighted by molar-refractivity contribution is 0.446. The van der Waals surface area contributed by atoms with Crippen LogP contribution in [0.3, 0.4) is 0 Å². The van der Waals surface area contributed by atoms with Crippen molar-refractivity contribution < 1.29 is 9.47 Å². The van der Waals surface area contributed by atoms with Crippen molar-refractivity contribution in [1.82, 2.24) is 0 Å². The van der Waals surface area contributed by atoms with E-state index in [1.54, 1.807) is 0 Å². The van der Waals surface area contributed by atoms with E-state index in [-0.39, 0.29) is 0 Å². The van der Waals surface area contributed by atoms with E-state index in [4.69, 9.17) is 9.47 Å². The average molecular weight is 785 g/mol. The van der Waals surface area contributed by atoms with Gasteiger partial charge in [-0.15, -0.1) is 11.3 Å². The summed E-state index contributed by atoms with van der Waals surface area (Å²) >= 11 is 1.84. The predicted octanol–water partition coefficient (Wildman–Crippen LogP) is 15.5. The molecule has 0 unspecified atom stereocenters. The summed E-state index contributed by atoms with van der Waals surface area (Å²) in [5.41, 5.74) is 15.8. The molecule has 2 aliphatic carbocycles. The molecule has 10 aromatic rings. The summed E-state index contributed by atoms with van der Waals surface area (Å²) in [6.45, 7) is 0. The summed E-state index contributed by atoms with van der Waals surface area (Å²) in [7, 11) is 0. The Hall–Kier alpha value is -7.60. The van der Waals surface area contributed by atoms with Crippen molar-refractivity contribution in [2.45, 2.75) is 5.41 Å². The monoisotopic (exact) mass is 784 g/mol. The third-order valence-electron chi connectivity index (χ3n) is 13.0. The summed E-state index contributed by atoms with van der Waals surface area (Å²) in [5.74, 6) is 3.10. The van der Waals surface area contributed by atoms with Crippen LogP contribution in [0.15, 0.2) is 194 Å². The van der Waals surface area contributed by atoms with Crippen LogP contribution in [-0.4, -0.2) is 0 Å². The molecule has 280 valence electrons. The number of nitrogens with zero attached hydrogens (tertiary/aromatic N) is 2. The molecule has 5 heteroatoms. The molecule has 1 spiro atoms. The van der Waals surface area contributed by atoms with E-state index in [0.29, 0.717) is 0 Å². The SMILES string of the molecule is c1ccc2c(c1)Oc1ccc(N(c3ccc4c(c3)C3(c5ccccc5-c5ccccc53)c3ccccc3-4)c3cccc4sc5ccccc5c34)c3c1N2c1ccccc1O3.